The minimum absolute atomic E-state index is 0.0860. The lowest BCUT2D eigenvalue weighted by molar-refractivity contribution is 0.0690. The van der Waals surface area contributed by atoms with E-state index in [9.17, 15) is 9.18 Å². The van der Waals surface area contributed by atoms with Crippen LogP contribution in [0.5, 0.6) is 0 Å². The van der Waals surface area contributed by atoms with Gasteiger partial charge in [0.25, 0.3) is 0 Å². The Morgan fingerprint density at radius 2 is 2.29 bits per heavy atom. The Morgan fingerprint density at radius 1 is 1.59 bits per heavy atom. The van der Waals surface area contributed by atoms with Gasteiger partial charge in [0.2, 0.25) is 0 Å². The number of carboxylic acid groups (broad SMARTS) is 1. The number of aromatic carboxylic acids is 1. The van der Waals surface area contributed by atoms with E-state index in [-0.39, 0.29) is 17.6 Å². The average molecular weight is 236 g/mol. The Morgan fingerprint density at radius 3 is 2.88 bits per heavy atom. The molecule has 1 unspecified atom stereocenters. The summed E-state index contributed by atoms with van der Waals surface area (Å²) in [5.41, 5.74) is 6.94. The van der Waals surface area contributed by atoms with E-state index in [0.29, 0.717) is 22.9 Å². The molecular formula is C12H13FN2O2. The number of benzene rings is 1. The second kappa shape index (κ2) is 4.18. The van der Waals surface area contributed by atoms with Crippen LogP contribution < -0.4 is 5.73 Å². The highest BCUT2D eigenvalue weighted by atomic mass is 19.1. The second-order valence-corrected chi connectivity index (χ2v) is 4.16. The predicted molar refractivity (Wildman–Crippen MR) is 62.6 cm³/mol. The number of carboxylic acids is 1. The molecule has 0 aliphatic rings. The highest BCUT2D eigenvalue weighted by Gasteiger charge is 2.18. The van der Waals surface area contributed by atoms with Crippen molar-refractivity contribution in [3.63, 3.8) is 0 Å². The van der Waals surface area contributed by atoms with E-state index in [0.717, 1.165) is 0 Å². The molecule has 2 rings (SSSR count). The van der Waals surface area contributed by atoms with Crippen LogP contribution in [0.4, 0.5) is 4.39 Å². The lowest BCUT2D eigenvalue weighted by Gasteiger charge is -2.05. The fourth-order valence-corrected chi connectivity index (χ4v) is 1.94. The van der Waals surface area contributed by atoms with Gasteiger partial charge in [-0.1, -0.05) is 0 Å². The molecule has 0 amide bonds. The highest BCUT2D eigenvalue weighted by molar-refractivity contribution is 5.97. The molecule has 0 aliphatic heterocycles. The lowest BCUT2D eigenvalue weighted by Crippen LogP contribution is -2.19. The minimum Gasteiger partial charge on any atom is -0.477 e. The van der Waals surface area contributed by atoms with E-state index in [1.807, 2.05) is 0 Å². The van der Waals surface area contributed by atoms with Gasteiger partial charge in [0.05, 0.1) is 0 Å². The molecule has 0 radical (unpaired) electrons. The molecule has 4 N–H and O–H groups in total. The molecule has 4 nitrogen and oxygen atoms in total. The average Bonchev–Trinajstić information content (AvgIpc) is 2.56. The van der Waals surface area contributed by atoms with Crippen molar-refractivity contribution >= 4 is 16.9 Å². The lowest BCUT2D eigenvalue weighted by atomic mass is 10.0. The normalized spacial score (nSPS) is 12.9. The summed E-state index contributed by atoms with van der Waals surface area (Å²) in [4.78, 5) is 13.9. The number of hydrogen-bond acceptors (Lipinski definition) is 2. The number of halogens is 1. The van der Waals surface area contributed by atoms with Crippen molar-refractivity contribution < 1.29 is 14.3 Å². The summed E-state index contributed by atoms with van der Waals surface area (Å²) >= 11 is 0. The van der Waals surface area contributed by atoms with Crippen LogP contribution in [0.2, 0.25) is 0 Å². The van der Waals surface area contributed by atoms with Crippen LogP contribution in [0, 0.1) is 5.82 Å². The predicted octanol–water partition coefficient (Wildman–Crippen LogP) is 1.89. The molecule has 0 spiro atoms. The van der Waals surface area contributed by atoms with E-state index in [4.69, 9.17) is 10.8 Å². The summed E-state index contributed by atoms with van der Waals surface area (Å²) in [6, 6.07) is 3.97. The Kier molecular flexibility index (Phi) is 2.85. The van der Waals surface area contributed by atoms with Gasteiger partial charge in [-0.15, -0.1) is 0 Å². The van der Waals surface area contributed by atoms with E-state index < -0.39 is 5.97 Å². The van der Waals surface area contributed by atoms with E-state index in [2.05, 4.69) is 4.98 Å². The highest BCUT2D eigenvalue weighted by Crippen LogP contribution is 2.24. The smallest absolute Gasteiger partial charge is 0.352 e. The second-order valence-electron chi connectivity index (χ2n) is 4.16. The molecule has 90 valence electrons. The maximum absolute atomic E-state index is 13.2. The summed E-state index contributed by atoms with van der Waals surface area (Å²) in [6.07, 6.45) is 0.394. The monoisotopic (exact) mass is 236 g/mol. The molecule has 0 fully saturated rings. The van der Waals surface area contributed by atoms with Gasteiger partial charge < -0.3 is 15.8 Å². The molecule has 1 aromatic carbocycles. The summed E-state index contributed by atoms with van der Waals surface area (Å²) in [7, 11) is 0. The molecular weight excluding hydrogens is 223 g/mol. The van der Waals surface area contributed by atoms with Crippen molar-refractivity contribution in [2.75, 3.05) is 0 Å². The first-order valence-electron chi connectivity index (χ1n) is 5.28. The summed E-state index contributed by atoms with van der Waals surface area (Å²) in [6.45, 7) is 1.78. The molecule has 1 atom stereocenters. The van der Waals surface area contributed by atoms with Crippen LogP contribution in [0.25, 0.3) is 10.9 Å². The third kappa shape index (κ3) is 2.14. The third-order valence-corrected chi connectivity index (χ3v) is 2.61. The fourth-order valence-electron chi connectivity index (χ4n) is 1.94. The number of hydrogen-bond donors (Lipinski definition) is 3. The van der Waals surface area contributed by atoms with Crippen molar-refractivity contribution in [3.05, 3.63) is 35.3 Å². The zero-order chi connectivity index (χ0) is 12.6. The number of rotatable bonds is 3. The molecule has 1 heterocycles. The first-order chi connectivity index (χ1) is 7.99. The number of nitrogens with one attached hydrogen (secondary N) is 1. The van der Waals surface area contributed by atoms with Gasteiger partial charge in [0.15, 0.2) is 0 Å². The summed E-state index contributed by atoms with van der Waals surface area (Å²) in [5.74, 6) is -1.45. The van der Waals surface area contributed by atoms with Crippen LogP contribution in [0.15, 0.2) is 18.2 Å². The fraction of sp³-hybridized carbons (Fsp3) is 0.250. The van der Waals surface area contributed by atoms with Crippen LogP contribution in [0.1, 0.15) is 23.0 Å². The quantitative estimate of drug-likeness (QED) is 0.761. The Bertz CT molecular complexity index is 575. The molecule has 5 heteroatoms. The van der Waals surface area contributed by atoms with E-state index in [1.54, 1.807) is 6.92 Å². The van der Waals surface area contributed by atoms with Gasteiger partial charge in [0, 0.05) is 16.9 Å². The van der Waals surface area contributed by atoms with Gasteiger partial charge in [-0.05, 0) is 37.1 Å². The van der Waals surface area contributed by atoms with Gasteiger partial charge in [-0.2, -0.15) is 0 Å². The molecule has 0 saturated carbocycles. The molecule has 0 saturated heterocycles. The number of H-pyrrole nitrogens is 1. The van der Waals surface area contributed by atoms with Gasteiger partial charge in [0.1, 0.15) is 11.5 Å². The first-order valence-corrected chi connectivity index (χ1v) is 5.28. The van der Waals surface area contributed by atoms with Crippen LogP contribution >= 0.6 is 0 Å². The van der Waals surface area contributed by atoms with Crippen molar-refractivity contribution in [1.29, 1.82) is 0 Å². The number of nitrogens with two attached hydrogens (primary N) is 1. The zero-order valence-corrected chi connectivity index (χ0v) is 9.33. The molecule has 17 heavy (non-hydrogen) atoms. The maximum Gasteiger partial charge on any atom is 0.352 e. The van der Waals surface area contributed by atoms with Gasteiger partial charge in [-0.3, -0.25) is 0 Å². The topological polar surface area (TPSA) is 79.1 Å². The molecule has 2 aromatic rings. The van der Waals surface area contributed by atoms with Gasteiger partial charge >= 0.3 is 5.97 Å². The standard InChI is InChI=1S/C12H13FN2O2/c1-6(14)4-9-8-5-7(13)2-3-10(8)15-11(9)12(16)17/h2-3,5-6,15H,4,14H2,1H3,(H,16,17). The van der Waals surface area contributed by atoms with Crippen molar-refractivity contribution in [2.24, 2.45) is 5.73 Å². The Labute approximate surface area is 97.2 Å². The largest absolute Gasteiger partial charge is 0.477 e. The Hall–Kier alpha value is -1.88. The third-order valence-electron chi connectivity index (χ3n) is 2.61. The van der Waals surface area contributed by atoms with Crippen molar-refractivity contribution in [2.45, 2.75) is 19.4 Å². The van der Waals surface area contributed by atoms with Crippen LogP contribution in [-0.4, -0.2) is 22.1 Å². The van der Waals surface area contributed by atoms with E-state index >= 15 is 0 Å². The minimum atomic E-state index is -1.06. The molecule has 1 aromatic heterocycles. The molecule has 0 aliphatic carbocycles. The summed E-state index contributed by atoms with van der Waals surface area (Å²) < 4.78 is 13.2. The van der Waals surface area contributed by atoms with Gasteiger partial charge in [-0.25, -0.2) is 9.18 Å². The van der Waals surface area contributed by atoms with Crippen LogP contribution in [-0.2, 0) is 6.42 Å². The number of fused-ring (bicyclic) bond motifs is 1. The van der Waals surface area contributed by atoms with Crippen molar-refractivity contribution in [3.8, 4) is 0 Å². The number of aromatic amines is 1. The van der Waals surface area contributed by atoms with Crippen LogP contribution in [0.3, 0.4) is 0 Å². The number of aromatic nitrogens is 1. The van der Waals surface area contributed by atoms with Crippen molar-refractivity contribution in [1.82, 2.24) is 4.98 Å². The Balaban J connectivity index is 2.68. The zero-order valence-electron chi connectivity index (χ0n) is 9.33. The first kappa shape index (κ1) is 11.6. The SMILES string of the molecule is CC(N)Cc1c(C(=O)O)[nH]c2ccc(F)cc12. The molecule has 0 bridgehead atoms. The number of carbonyl (C=O) groups is 1. The van der Waals surface area contributed by atoms with E-state index in [1.165, 1.54) is 18.2 Å². The maximum atomic E-state index is 13.2. The summed E-state index contributed by atoms with van der Waals surface area (Å²) in [5, 5.41) is 9.67.